The molecule has 0 radical (unpaired) electrons. The number of hydrogen-bond acceptors (Lipinski definition) is 6. The Morgan fingerprint density at radius 2 is 1.79 bits per heavy atom. The molecule has 2 heterocycles. The van der Waals surface area contributed by atoms with Gasteiger partial charge in [0.05, 0.1) is 0 Å². The molecule has 0 saturated heterocycles. The normalized spacial score (nSPS) is 11.1. The fourth-order valence-corrected chi connectivity index (χ4v) is 3.79. The third-order valence-electron chi connectivity index (χ3n) is 4.83. The molecular formula is C21H28N6OS. The highest BCUT2D eigenvalue weighted by Gasteiger charge is 2.12. The minimum Gasteiger partial charge on any atom is -0.337 e. The highest BCUT2D eigenvalue weighted by atomic mass is 32.1. The van der Waals surface area contributed by atoms with Gasteiger partial charge in [-0.1, -0.05) is 42.9 Å². The van der Waals surface area contributed by atoms with Gasteiger partial charge in [-0.25, -0.2) is 14.8 Å². The van der Waals surface area contributed by atoms with Gasteiger partial charge in [0, 0.05) is 25.8 Å². The average molecular weight is 413 g/mol. The van der Waals surface area contributed by atoms with Crippen molar-refractivity contribution in [3.05, 3.63) is 42.0 Å². The first kappa shape index (κ1) is 21.0. The molecule has 154 valence electrons. The third-order valence-corrected chi connectivity index (χ3v) is 5.71. The second kappa shape index (κ2) is 9.67. The van der Waals surface area contributed by atoms with Crippen LogP contribution in [0.15, 0.2) is 36.4 Å². The number of amides is 2. The van der Waals surface area contributed by atoms with Crippen molar-refractivity contribution in [3.63, 3.8) is 0 Å². The number of pyridine rings is 1. The number of anilines is 3. The molecule has 1 aromatic carbocycles. The van der Waals surface area contributed by atoms with Crippen molar-refractivity contribution >= 4 is 44.4 Å². The summed E-state index contributed by atoms with van der Waals surface area (Å²) in [5.74, 6) is 0.834. The van der Waals surface area contributed by atoms with Crippen LogP contribution in [0.4, 0.5) is 21.4 Å². The van der Waals surface area contributed by atoms with Gasteiger partial charge in [0.1, 0.15) is 16.2 Å². The number of aromatic nitrogens is 2. The monoisotopic (exact) mass is 412 g/mol. The number of urea groups is 1. The largest absolute Gasteiger partial charge is 0.337 e. The van der Waals surface area contributed by atoms with Crippen molar-refractivity contribution in [2.24, 2.45) is 0 Å². The topological polar surface area (TPSA) is 73.4 Å². The molecule has 0 atom stereocenters. The van der Waals surface area contributed by atoms with Crippen LogP contribution in [0.3, 0.4) is 0 Å². The number of hydrogen-bond donors (Lipinski definition) is 2. The molecule has 7 nitrogen and oxygen atoms in total. The molecule has 0 unspecified atom stereocenters. The lowest BCUT2D eigenvalue weighted by atomic mass is 10.2. The molecule has 0 saturated carbocycles. The first-order valence-corrected chi connectivity index (χ1v) is 10.7. The molecule has 29 heavy (non-hydrogen) atoms. The van der Waals surface area contributed by atoms with Crippen LogP contribution in [0.1, 0.15) is 19.4 Å². The molecule has 8 heteroatoms. The van der Waals surface area contributed by atoms with Gasteiger partial charge in [0.15, 0.2) is 5.13 Å². The van der Waals surface area contributed by atoms with Crippen LogP contribution in [0, 0.1) is 6.92 Å². The van der Waals surface area contributed by atoms with E-state index in [9.17, 15) is 4.79 Å². The van der Waals surface area contributed by atoms with Crippen LogP contribution in [-0.4, -0.2) is 54.1 Å². The summed E-state index contributed by atoms with van der Waals surface area (Å²) >= 11 is 1.37. The number of rotatable bonds is 8. The Balaban J connectivity index is 1.64. The number of likely N-dealkylation sites (N-methyl/N-ethyl adjacent to an activating group) is 1. The van der Waals surface area contributed by atoms with Gasteiger partial charge in [0.2, 0.25) is 0 Å². The van der Waals surface area contributed by atoms with E-state index in [4.69, 9.17) is 4.98 Å². The summed E-state index contributed by atoms with van der Waals surface area (Å²) in [5.41, 5.74) is 3.06. The molecule has 0 fully saturated rings. The summed E-state index contributed by atoms with van der Waals surface area (Å²) in [4.78, 5) is 26.4. The van der Waals surface area contributed by atoms with Gasteiger partial charge in [-0.3, -0.25) is 5.32 Å². The Hall–Kier alpha value is -2.71. The van der Waals surface area contributed by atoms with Crippen LogP contribution in [0.25, 0.3) is 10.3 Å². The molecular weight excluding hydrogens is 384 g/mol. The van der Waals surface area contributed by atoms with Gasteiger partial charge in [0.25, 0.3) is 0 Å². The van der Waals surface area contributed by atoms with Crippen LogP contribution in [0.5, 0.6) is 0 Å². The number of aryl methyl sites for hydroxylation is 1. The van der Waals surface area contributed by atoms with Crippen molar-refractivity contribution in [1.82, 2.24) is 20.2 Å². The SMILES string of the molecule is CCN(CC)CCNC(=O)Nc1nc2ccc(N(C)c3ccc(C)cc3)nc2s1. The maximum atomic E-state index is 12.1. The van der Waals surface area contributed by atoms with Crippen LogP contribution in [0.2, 0.25) is 0 Å². The first-order chi connectivity index (χ1) is 14.0. The van der Waals surface area contributed by atoms with Crippen LogP contribution < -0.4 is 15.5 Å². The second-order valence-corrected chi connectivity index (χ2v) is 7.79. The lowest BCUT2D eigenvalue weighted by molar-refractivity contribution is 0.248. The number of carbonyl (C=O) groups is 1. The van der Waals surface area contributed by atoms with E-state index in [1.165, 1.54) is 16.9 Å². The van der Waals surface area contributed by atoms with E-state index in [-0.39, 0.29) is 6.03 Å². The summed E-state index contributed by atoms with van der Waals surface area (Å²) in [6.07, 6.45) is 0. The number of nitrogens with zero attached hydrogens (tertiary/aromatic N) is 4. The van der Waals surface area contributed by atoms with Gasteiger partial charge < -0.3 is 15.1 Å². The Labute approximate surface area is 175 Å². The second-order valence-electron chi connectivity index (χ2n) is 6.82. The van der Waals surface area contributed by atoms with Crippen molar-refractivity contribution in [2.45, 2.75) is 20.8 Å². The molecule has 0 bridgehead atoms. The molecule has 0 aliphatic rings. The van der Waals surface area contributed by atoms with E-state index < -0.39 is 0 Å². The van der Waals surface area contributed by atoms with Gasteiger partial charge >= 0.3 is 6.03 Å². The predicted molar refractivity (Wildman–Crippen MR) is 121 cm³/mol. The smallest absolute Gasteiger partial charge is 0.321 e. The van der Waals surface area contributed by atoms with E-state index in [1.54, 1.807) is 0 Å². The Kier molecular flexibility index (Phi) is 7.00. The van der Waals surface area contributed by atoms with Crippen molar-refractivity contribution in [1.29, 1.82) is 0 Å². The van der Waals surface area contributed by atoms with E-state index in [1.807, 2.05) is 24.1 Å². The molecule has 0 aliphatic carbocycles. The van der Waals surface area contributed by atoms with Crippen LogP contribution in [-0.2, 0) is 0 Å². The zero-order valence-electron chi connectivity index (χ0n) is 17.4. The highest BCUT2D eigenvalue weighted by Crippen LogP contribution is 2.29. The van der Waals surface area contributed by atoms with Gasteiger partial charge in [-0.2, -0.15) is 0 Å². The standard InChI is InChI=1S/C21H28N6OS/c1-5-27(6-2)14-13-22-20(28)25-21-23-17-11-12-18(24-19(17)29-21)26(4)16-9-7-15(3)8-10-16/h7-12H,5-6,13-14H2,1-4H3,(H2,22,23,25,28). The quantitative estimate of drug-likeness (QED) is 0.579. The molecule has 3 aromatic rings. The molecule has 2 aromatic heterocycles. The summed E-state index contributed by atoms with van der Waals surface area (Å²) < 4.78 is 0. The first-order valence-electron chi connectivity index (χ1n) is 9.85. The summed E-state index contributed by atoms with van der Waals surface area (Å²) in [7, 11) is 1.99. The minimum atomic E-state index is -0.242. The van der Waals surface area contributed by atoms with E-state index in [0.717, 1.165) is 41.5 Å². The highest BCUT2D eigenvalue weighted by molar-refractivity contribution is 7.22. The fraction of sp³-hybridized carbons (Fsp3) is 0.381. The maximum absolute atomic E-state index is 12.1. The van der Waals surface area contributed by atoms with Crippen molar-refractivity contribution in [3.8, 4) is 0 Å². The van der Waals surface area contributed by atoms with Crippen molar-refractivity contribution in [2.75, 3.05) is 43.4 Å². The summed E-state index contributed by atoms with van der Waals surface area (Å²) in [6.45, 7) is 9.67. The molecule has 2 N–H and O–H groups in total. The van der Waals surface area contributed by atoms with E-state index in [0.29, 0.717) is 11.7 Å². The maximum Gasteiger partial charge on any atom is 0.321 e. The molecule has 0 spiro atoms. The minimum absolute atomic E-state index is 0.242. The lowest BCUT2D eigenvalue weighted by Crippen LogP contribution is -2.36. The summed E-state index contributed by atoms with van der Waals surface area (Å²) in [5, 5.41) is 6.23. The predicted octanol–water partition coefficient (Wildman–Crippen LogP) is 4.23. The van der Waals surface area contributed by atoms with Crippen LogP contribution >= 0.6 is 11.3 Å². The van der Waals surface area contributed by atoms with E-state index >= 15 is 0 Å². The van der Waals surface area contributed by atoms with Crippen molar-refractivity contribution < 1.29 is 4.79 Å². The zero-order valence-corrected chi connectivity index (χ0v) is 18.2. The Morgan fingerprint density at radius 1 is 1.07 bits per heavy atom. The third kappa shape index (κ3) is 5.42. The summed E-state index contributed by atoms with van der Waals surface area (Å²) in [6, 6.07) is 11.9. The molecule has 3 rings (SSSR count). The number of nitrogens with one attached hydrogen (secondary N) is 2. The number of thiazole rings is 1. The average Bonchev–Trinajstić information content (AvgIpc) is 3.12. The fourth-order valence-electron chi connectivity index (χ4n) is 2.96. The molecule has 2 amide bonds. The number of benzene rings is 1. The Morgan fingerprint density at radius 3 is 2.48 bits per heavy atom. The zero-order chi connectivity index (χ0) is 20.8. The molecule has 0 aliphatic heterocycles. The number of carbonyl (C=O) groups excluding carboxylic acids is 1. The van der Waals surface area contributed by atoms with E-state index in [2.05, 4.69) is 65.6 Å². The Bertz CT molecular complexity index is 951. The number of fused-ring (bicyclic) bond motifs is 1. The lowest BCUT2D eigenvalue weighted by Gasteiger charge is -2.18. The van der Waals surface area contributed by atoms with Gasteiger partial charge in [-0.05, 0) is 44.3 Å². The van der Waals surface area contributed by atoms with Gasteiger partial charge in [-0.15, -0.1) is 0 Å².